The number of carbonyl (C=O) groups excluding carboxylic acids is 1. The van der Waals surface area contributed by atoms with Crippen molar-refractivity contribution in [2.24, 2.45) is 5.41 Å². The molecular formula is C14H18O2. The second-order valence-electron chi connectivity index (χ2n) is 4.42. The fraction of sp³-hybridized carbons (Fsp3) is 0.357. The lowest BCUT2D eigenvalue weighted by Crippen LogP contribution is -2.23. The van der Waals surface area contributed by atoms with Gasteiger partial charge in [0.2, 0.25) is 0 Å². The first kappa shape index (κ1) is 12.5. The zero-order valence-corrected chi connectivity index (χ0v) is 10.1. The first-order valence-electron chi connectivity index (χ1n) is 5.44. The molecule has 1 aromatic carbocycles. The Kier molecular flexibility index (Phi) is 3.88. The molecule has 0 unspecified atom stereocenters. The van der Waals surface area contributed by atoms with Gasteiger partial charge in [-0.05, 0) is 24.0 Å². The van der Waals surface area contributed by atoms with Crippen LogP contribution in [0, 0.1) is 5.41 Å². The number of ether oxygens (including phenoxy) is 1. The highest BCUT2D eigenvalue weighted by atomic mass is 16.5. The van der Waals surface area contributed by atoms with Gasteiger partial charge in [0, 0.05) is 5.57 Å². The van der Waals surface area contributed by atoms with Gasteiger partial charge in [-0.15, -0.1) is 0 Å². The van der Waals surface area contributed by atoms with Gasteiger partial charge in [0.15, 0.2) is 0 Å². The number of rotatable bonds is 4. The minimum absolute atomic E-state index is 0.216. The van der Waals surface area contributed by atoms with Crippen LogP contribution in [0.1, 0.15) is 27.2 Å². The van der Waals surface area contributed by atoms with E-state index in [2.05, 4.69) is 6.58 Å². The van der Waals surface area contributed by atoms with Gasteiger partial charge in [0.1, 0.15) is 5.75 Å². The number of esters is 1. The van der Waals surface area contributed by atoms with E-state index in [1.54, 1.807) is 12.1 Å². The summed E-state index contributed by atoms with van der Waals surface area (Å²) in [5.74, 6) is 0.207. The summed E-state index contributed by atoms with van der Waals surface area (Å²) in [5.41, 5.74) is 0.296. The lowest BCUT2D eigenvalue weighted by Gasteiger charge is -2.23. The van der Waals surface area contributed by atoms with Crippen LogP contribution in [0.15, 0.2) is 42.5 Å². The summed E-state index contributed by atoms with van der Waals surface area (Å²) in [6.45, 7) is 9.82. The van der Waals surface area contributed by atoms with Crippen LogP contribution in [0.5, 0.6) is 5.75 Å². The molecule has 0 aliphatic rings. The van der Waals surface area contributed by atoms with Gasteiger partial charge in [-0.2, -0.15) is 0 Å². The van der Waals surface area contributed by atoms with Crippen molar-refractivity contribution in [2.75, 3.05) is 0 Å². The van der Waals surface area contributed by atoms with Crippen molar-refractivity contribution in [3.63, 3.8) is 0 Å². The van der Waals surface area contributed by atoms with Gasteiger partial charge in [-0.25, -0.2) is 4.79 Å². The monoisotopic (exact) mass is 218 g/mol. The van der Waals surface area contributed by atoms with Crippen LogP contribution in [0.2, 0.25) is 0 Å². The predicted octanol–water partition coefficient (Wildman–Crippen LogP) is 3.58. The van der Waals surface area contributed by atoms with Gasteiger partial charge in [-0.1, -0.05) is 45.5 Å². The number of benzene rings is 1. The van der Waals surface area contributed by atoms with Crippen LogP contribution < -0.4 is 4.74 Å². The molecule has 0 N–H and O–H groups in total. The van der Waals surface area contributed by atoms with Gasteiger partial charge in [-0.3, -0.25) is 0 Å². The van der Waals surface area contributed by atoms with Crippen molar-refractivity contribution in [1.82, 2.24) is 0 Å². The van der Waals surface area contributed by atoms with Crippen molar-refractivity contribution in [1.29, 1.82) is 0 Å². The molecule has 2 nitrogen and oxygen atoms in total. The quantitative estimate of drug-likeness (QED) is 0.438. The van der Waals surface area contributed by atoms with Gasteiger partial charge in [0.05, 0.1) is 0 Å². The van der Waals surface area contributed by atoms with Crippen LogP contribution in [0.4, 0.5) is 0 Å². The summed E-state index contributed by atoms with van der Waals surface area (Å²) in [7, 11) is 0. The average Bonchev–Trinajstić information content (AvgIpc) is 2.29. The minimum atomic E-state index is -0.349. The fourth-order valence-corrected chi connectivity index (χ4v) is 1.15. The largest absolute Gasteiger partial charge is 0.423 e. The maximum absolute atomic E-state index is 11.8. The van der Waals surface area contributed by atoms with Gasteiger partial charge >= 0.3 is 5.97 Å². The standard InChI is InChI=1S/C14H18O2/c1-5-14(3,4)11(2)13(15)16-12-9-7-6-8-10-12/h6-10H,2,5H2,1,3-4H3. The zero-order chi connectivity index (χ0) is 12.2. The molecule has 0 aromatic heterocycles. The van der Waals surface area contributed by atoms with Gasteiger partial charge < -0.3 is 4.74 Å². The molecule has 0 saturated carbocycles. The Labute approximate surface area is 96.9 Å². The lowest BCUT2D eigenvalue weighted by molar-refractivity contribution is -0.131. The maximum Gasteiger partial charge on any atom is 0.339 e. The molecule has 0 aliphatic carbocycles. The molecule has 0 saturated heterocycles. The van der Waals surface area contributed by atoms with E-state index < -0.39 is 0 Å². The Balaban J connectivity index is 2.71. The average molecular weight is 218 g/mol. The van der Waals surface area contributed by atoms with Crippen LogP contribution in [0.3, 0.4) is 0 Å². The molecule has 0 fully saturated rings. The smallest absolute Gasteiger partial charge is 0.339 e. The fourth-order valence-electron chi connectivity index (χ4n) is 1.15. The van der Waals surface area contributed by atoms with E-state index in [9.17, 15) is 4.79 Å². The van der Waals surface area contributed by atoms with Crippen LogP contribution >= 0.6 is 0 Å². The molecule has 1 aromatic rings. The third kappa shape index (κ3) is 2.96. The number of para-hydroxylation sites is 1. The molecule has 86 valence electrons. The molecule has 1 rings (SSSR count). The topological polar surface area (TPSA) is 26.3 Å². The van der Waals surface area contributed by atoms with Crippen LogP contribution in [-0.4, -0.2) is 5.97 Å². The normalized spacial score (nSPS) is 10.9. The summed E-state index contributed by atoms with van der Waals surface area (Å²) < 4.78 is 5.23. The number of carbonyl (C=O) groups is 1. The van der Waals surface area contributed by atoms with Crippen molar-refractivity contribution in [3.05, 3.63) is 42.5 Å². The van der Waals surface area contributed by atoms with Gasteiger partial charge in [0.25, 0.3) is 0 Å². The highest BCUT2D eigenvalue weighted by molar-refractivity contribution is 5.90. The SMILES string of the molecule is C=C(C(=O)Oc1ccccc1)C(C)(C)CC. The van der Waals surface area contributed by atoms with E-state index in [1.165, 1.54) is 0 Å². The molecule has 0 heterocycles. The van der Waals surface area contributed by atoms with E-state index >= 15 is 0 Å². The Hall–Kier alpha value is -1.57. The number of hydrogen-bond donors (Lipinski definition) is 0. The van der Waals surface area contributed by atoms with Crippen molar-refractivity contribution < 1.29 is 9.53 Å². The Bertz CT molecular complexity index is 377. The van der Waals surface area contributed by atoms with E-state index in [0.717, 1.165) is 6.42 Å². The van der Waals surface area contributed by atoms with E-state index in [0.29, 0.717) is 11.3 Å². The van der Waals surface area contributed by atoms with E-state index in [1.807, 2.05) is 39.0 Å². The van der Waals surface area contributed by atoms with Crippen LogP contribution in [0.25, 0.3) is 0 Å². The third-order valence-electron chi connectivity index (χ3n) is 2.90. The van der Waals surface area contributed by atoms with Crippen molar-refractivity contribution in [2.45, 2.75) is 27.2 Å². The third-order valence-corrected chi connectivity index (χ3v) is 2.90. The molecule has 0 radical (unpaired) electrons. The Morgan fingerprint density at radius 1 is 1.31 bits per heavy atom. The molecule has 0 amide bonds. The van der Waals surface area contributed by atoms with Crippen molar-refractivity contribution in [3.8, 4) is 5.75 Å². The van der Waals surface area contributed by atoms with E-state index in [4.69, 9.17) is 4.74 Å². The molecule has 2 heteroatoms. The van der Waals surface area contributed by atoms with E-state index in [-0.39, 0.29) is 11.4 Å². The highest BCUT2D eigenvalue weighted by Gasteiger charge is 2.26. The molecule has 0 spiro atoms. The molecule has 16 heavy (non-hydrogen) atoms. The summed E-state index contributed by atoms with van der Waals surface area (Å²) in [6, 6.07) is 9.04. The molecule has 0 atom stereocenters. The zero-order valence-electron chi connectivity index (χ0n) is 10.1. The first-order valence-corrected chi connectivity index (χ1v) is 5.44. The Morgan fingerprint density at radius 2 is 1.88 bits per heavy atom. The highest BCUT2D eigenvalue weighted by Crippen LogP contribution is 2.29. The summed E-state index contributed by atoms with van der Waals surface area (Å²) >= 11 is 0. The maximum atomic E-state index is 11.8. The lowest BCUT2D eigenvalue weighted by atomic mass is 9.82. The molecule has 0 bridgehead atoms. The second-order valence-corrected chi connectivity index (χ2v) is 4.42. The van der Waals surface area contributed by atoms with Crippen molar-refractivity contribution >= 4 is 5.97 Å². The molecular weight excluding hydrogens is 200 g/mol. The first-order chi connectivity index (χ1) is 7.47. The summed E-state index contributed by atoms with van der Waals surface area (Å²) in [4.78, 5) is 11.8. The minimum Gasteiger partial charge on any atom is -0.423 e. The predicted molar refractivity (Wildman–Crippen MR) is 65.3 cm³/mol. The second kappa shape index (κ2) is 4.97. The van der Waals surface area contributed by atoms with Crippen LogP contribution in [-0.2, 0) is 4.79 Å². The summed E-state index contributed by atoms with van der Waals surface area (Å²) in [6.07, 6.45) is 0.857. The number of hydrogen-bond acceptors (Lipinski definition) is 2. The summed E-state index contributed by atoms with van der Waals surface area (Å²) in [5, 5.41) is 0. The Morgan fingerprint density at radius 3 is 2.38 bits per heavy atom. The molecule has 0 aliphatic heterocycles.